The fraction of sp³-hybridized carbons (Fsp3) is 0.0800. The van der Waals surface area contributed by atoms with Crippen molar-refractivity contribution < 1.29 is 18.3 Å². The minimum absolute atomic E-state index is 0.384. The number of carbonyl (C=O) groups is 1. The highest BCUT2D eigenvalue weighted by Gasteiger charge is 2.12. The quantitative estimate of drug-likeness (QED) is 0.253. The van der Waals surface area contributed by atoms with Gasteiger partial charge >= 0.3 is 6.03 Å². The molecular formula is C25H22F2N6O2. The van der Waals surface area contributed by atoms with Crippen LogP contribution in [0.25, 0.3) is 0 Å². The van der Waals surface area contributed by atoms with E-state index in [9.17, 15) is 13.6 Å². The topological polar surface area (TPSA) is 100 Å². The van der Waals surface area contributed by atoms with Crippen LogP contribution in [0.2, 0.25) is 0 Å². The highest BCUT2D eigenvalue weighted by atomic mass is 19.1. The number of ether oxygens (including phenoxy) is 1. The summed E-state index contributed by atoms with van der Waals surface area (Å²) < 4.78 is 32.6. The summed E-state index contributed by atoms with van der Waals surface area (Å²) in [5, 5.41) is 11.0. The summed E-state index contributed by atoms with van der Waals surface area (Å²) in [7, 11) is 1.61. The number of hydrogen-bond acceptors (Lipinski definition) is 6. The van der Waals surface area contributed by atoms with Crippen LogP contribution in [-0.4, -0.2) is 23.1 Å². The zero-order chi connectivity index (χ0) is 24.8. The molecule has 10 heteroatoms. The first-order chi connectivity index (χ1) is 16.9. The number of para-hydroxylation sites is 1. The number of aryl methyl sites for hydroxylation is 1. The van der Waals surface area contributed by atoms with E-state index in [1.54, 1.807) is 31.4 Å². The second kappa shape index (κ2) is 10.5. The molecule has 0 radical (unpaired) electrons. The Labute approximate surface area is 200 Å². The number of benzene rings is 3. The Morgan fingerprint density at radius 3 is 2.06 bits per heavy atom. The number of anilines is 6. The number of urea groups is 1. The molecule has 0 aliphatic rings. The van der Waals surface area contributed by atoms with E-state index in [4.69, 9.17) is 4.74 Å². The molecule has 1 aromatic heterocycles. The monoisotopic (exact) mass is 476 g/mol. The minimum atomic E-state index is -0.862. The van der Waals surface area contributed by atoms with E-state index in [0.717, 1.165) is 29.3 Å². The van der Waals surface area contributed by atoms with Gasteiger partial charge in [0.1, 0.15) is 28.9 Å². The Morgan fingerprint density at radius 1 is 0.800 bits per heavy atom. The maximum Gasteiger partial charge on any atom is 0.323 e. The van der Waals surface area contributed by atoms with Crippen molar-refractivity contribution in [1.82, 2.24) is 9.97 Å². The van der Waals surface area contributed by atoms with Crippen molar-refractivity contribution in [3.05, 3.63) is 90.1 Å². The fourth-order valence-corrected chi connectivity index (χ4v) is 3.17. The minimum Gasteiger partial charge on any atom is -0.497 e. The van der Waals surface area contributed by atoms with Crippen LogP contribution < -0.4 is 26.0 Å². The summed E-state index contributed by atoms with van der Waals surface area (Å²) in [6.07, 6.45) is 0. The van der Waals surface area contributed by atoms with Crippen LogP contribution in [0.15, 0.2) is 72.8 Å². The van der Waals surface area contributed by atoms with Crippen molar-refractivity contribution in [3.8, 4) is 5.75 Å². The van der Waals surface area contributed by atoms with Gasteiger partial charge in [-0.2, -0.15) is 4.98 Å². The molecule has 0 saturated heterocycles. The summed E-state index contributed by atoms with van der Waals surface area (Å²) in [6.45, 7) is 1.86. The SMILES string of the molecule is COc1ccc(Nc2cc(C)nc(Nc3ccc(NC(=O)Nc4c(F)cccc4F)cc3)n2)cc1. The molecule has 1 heterocycles. The molecule has 3 aromatic carbocycles. The van der Waals surface area contributed by atoms with E-state index in [1.807, 2.05) is 37.3 Å². The lowest BCUT2D eigenvalue weighted by Gasteiger charge is -2.12. The number of rotatable bonds is 7. The van der Waals surface area contributed by atoms with Gasteiger partial charge in [-0.15, -0.1) is 0 Å². The smallest absolute Gasteiger partial charge is 0.323 e. The van der Waals surface area contributed by atoms with Gasteiger partial charge < -0.3 is 26.0 Å². The molecule has 4 rings (SSSR count). The molecule has 0 aliphatic heterocycles. The third kappa shape index (κ3) is 6.20. The van der Waals surface area contributed by atoms with Gasteiger partial charge in [0.25, 0.3) is 0 Å². The van der Waals surface area contributed by atoms with Crippen LogP contribution in [-0.2, 0) is 0 Å². The molecule has 178 valence electrons. The van der Waals surface area contributed by atoms with Crippen LogP contribution in [0, 0.1) is 18.6 Å². The number of carbonyl (C=O) groups excluding carboxylic acids is 1. The van der Waals surface area contributed by atoms with Gasteiger partial charge in [0.15, 0.2) is 0 Å². The first-order valence-electron chi connectivity index (χ1n) is 10.6. The first kappa shape index (κ1) is 23.4. The van der Waals surface area contributed by atoms with E-state index >= 15 is 0 Å². The van der Waals surface area contributed by atoms with Crippen molar-refractivity contribution >= 4 is 40.5 Å². The highest BCUT2D eigenvalue weighted by molar-refractivity contribution is 6.00. The largest absolute Gasteiger partial charge is 0.497 e. The molecule has 0 bridgehead atoms. The molecule has 8 nitrogen and oxygen atoms in total. The van der Waals surface area contributed by atoms with Gasteiger partial charge in [0, 0.05) is 28.8 Å². The number of halogens is 2. The molecule has 4 N–H and O–H groups in total. The fourth-order valence-electron chi connectivity index (χ4n) is 3.17. The summed E-state index contributed by atoms with van der Waals surface area (Å²) in [6, 6.07) is 18.5. The molecular weight excluding hydrogens is 454 g/mol. The lowest BCUT2D eigenvalue weighted by atomic mass is 10.2. The zero-order valence-electron chi connectivity index (χ0n) is 18.9. The highest BCUT2D eigenvalue weighted by Crippen LogP contribution is 2.23. The normalized spacial score (nSPS) is 10.4. The summed E-state index contributed by atoms with van der Waals surface area (Å²) >= 11 is 0. The maximum atomic E-state index is 13.7. The number of aromatic nitrogens is 2. The van der Waals surface area contributed by atoms with Gasteiger partial charge in [-0.1, -0.05) is 6.07 Å². The Balaban J connectivity index is 1.39. The van der Waals surface area contributed by atoms with Crippen LogP contribution in [0.3, 0.4) is 0 Å². The van der Waals surface area contributed by atoms with Crippen molar-refractivity contribution in [2.45, 2.75) is 6.92 Å². The average molecular weight is 476 g/mol. The number of hydrogen-bond donors (Lipinski definition) is 4. The molecule has 0 aliphatic carbocycles. The van der Waals surface area contributed by atoms with E-state index in [-0.39, 0.29) is 0 Å². The van der Waals surface area contributed by atoms with Gasteiger partial charge in [-0.25, -0.2) is 18.6 Å². The van der Waals surface area contributed by atoms with E-state index in [2.05, 4.69) is 31.2 Å². The molecule has 0 spiro atoms. The summed E-state index contributed by atoms with van der Waals surface area (Å²) in [4.78, 5) is 21.0. The lowest BCUT2D eigenvalue weighted by Crippen LogP contribution is -2.20. The first-order valence-corrected chi connectivity index (χ1v) is 10.6. The van der Waals surface area contributed by atoms with E-state index in [1.165, 1.54) is 6.07 Å². The maximum absolute atomic E-state index is 13.7. The Bertz CT molecular complexity index is 1310. The molecule has 2 amide bonds. The Hall–Kier alpha value is -4.73. The molecule has 0 fully saturated rings. The second-order valence-corrected chi connectivity index (χ2v) is 7.45. The third-order valence-electron chi connectivity index (χ3n) is 4.82. The third-order valence-corrected chi connectivity index (χ3v) is 4.82. The second-order valence-electron chi connectivity index (χ2n) is 7.45. The van der Waals surface area contributed by atoms with Crippen LogP contribution in [0.5, 0.6) is 5.75 Å². The predicted molar refractivity (Wildman–Crippen MR) is 132 cm³/mol. The number of nitrogens with one attached hydrogen (secondary N) is 4. The molecule has 35 heavy (non-hydrogen) atoms. The molecule has 0 unspecified atom stereocenters. The lowest BCUT2D eigenvalue weighted by molar-refractivity contribution is 0.262. The number of methoxy groups -OCH3 is 1. The van der Waals surface area contributed by atoms with Crippen LogP contribution in [0.4, 0.5) is 48.1 Å². The van der Waals surface area contributed by atoms with Gasteiger partial charge in [0.2, 0.25) is 5.95 Å². The number of nitrogens with zero attached hydrogens (tertiary/aromatic N) is 2. The Kier molecular flexibility index (Phi) is 7.01. The summed E-state index contributed by atoms with van der Waals surface area (Å²) in [5.74, 6) is 0.0268. The van der Waals surface area contributed by atoms with Crippen molar-refractivity contribution in [2.24, 2.45) is 0 Å². The van der Waals surface area contributed by atoms with Crippen molar-refractivity contribution in [2.75, 3.05) is 28.4 Å². The molecule has 0 saturated carbocycles. The van der Waals surface area contributed by atoms with Crippen LogP contribution >= 0.6 is 0 Å². The van der Waals surface area contributed by atoms with E-state index in [0.29, 0.717) is 23.1 Å². The average Bonchev–Trinajstić information content (AvgIpc) is 2.83. The standard InChI is InChI=1S/C25H22F2N6O2/c1-15-14-22(29-16-10-12-19(35-2)13-11-16)32-24(28-15)30-17-6-8-18(9-7-17)31-25(34)33-23-20(26)4-3-5-21(23)27/h3-14H,1-2H3,(H2,31,33,34)(H2,28,29,30,32). The molecule has 4 aromatic rings. The van der Waals surface area contributed by atoms with Crippen molar-refractivity contribution in [3.63, 3.8) is 0 Å². The van der Waals surface area contributed by atoms with Crippen molar-refractivity contribution in [1.29, 1.82) is 0 Å². The molecule has 0 atom stereocenters. The van der Waals surface area contributed by atoms with Gasteiger partial charge in [-0.05, 0) is 67.6 Å². The Morgan fingerprint density at radius 2 is 1.40 bits per heavy atom. The van der Waals surface area contributed by atoms with Gasteiger partial charge in [-0.3, -0.25) is 0 Å². The van der Waals surface area contributed by atoms with E-state index < -0.39 is 23.4 Å². The predicted octanol–water partition coefficient (Wildman–Crippen LogP) is 6.20. The zero-order valence-corrected chi connectivity index (χ0v) is 18.9. The van der Waals surface area contributed by atoms with Gasteiger partial charge in [0.05, 0.1) is 7.11 Å². The van der Waals surface area contributed by atoms with Crippen LogP contribution in [0.1, 0.15) is 5.69 Å². The number of amides is 2. The summed E-state index contributed by atoms with van der Waals surface area (Å²) in [5.41, 5.74) is 2.19.